The third-order valence-corrected chi connectivity index (χ3v) is 4.39. The number of carbonyl (C=O) groups excluding carboxylic acids is 3. The van der Waals surface area contributed by atoms with Gasteiger partial charge in [0.1, 0.15) is 0 Å². The number of hydrogen-bond donors (Lipinski definition) is 1. The van der Waals surface area contributed by atoms with Gasteiger partial charge in [0.05, 0.1) is 12.3 Å². The summed E-state index contributed by atoms with van der Waals surface area (Å²) in [6.45, 7) is 6.56. The highest BCUT2D eigenvalue weighted by Gasteiger charge is 2.27. The van der Waals surface area contributed by atoms with Crippen molar-refractivity contribution in [3.05, 3.63) is 34.9 Å². The number of piperidine rings is 1. The van der Waals surface area contributed by atoms with E-state index in [2.05, 4.69) is 5.48 Å². The summed E-state index contributed by atoms with van der Waals surface area (Å²) < 4.78 is 0. The molecule has 0 atom stereocenters. The van der Waals surface area contributed by atoms with E-state index in [0.29, 0.717) is 25.9 Å². The first-order valence-electron chi connectivity index (χ1n) is 8.18. The van der Waals surface area contributed by atoms with E-state index in [-0.39, 0.29) is 24.2 Å². The van der Waals surface area contributed by atoms with E-state index in [1.165, 1.54) is 6.92 Å². The molecule has 1 aromatic carbocycles. The smallest absolute Gasteiger partial charge is 0.335 e. The van der Waals surface area contributed by atoms with Crippen molar-refractivity contribution >= 4 is 17.8 Å². The Morgan fingerprint density at radius 3 is 2.46 bits per heavy atom. The van der Waals surface area contributed by atoms with Gasteiger partial charge in [-0.2, -0.15) is 5.48 Å². The molecule has 6 heteroatoms. The number of carbonyl (C=O) groups is 3. The van der Waals surface area contributed by atoms with Crippen molar-refractivity contribution in [3.8, 4) is 0 Å². The van der Waals surface area contributed by atoms with Crippen LogP contribution in [0.3, 0.4) is 0 Å². The van der Waals surface area contributed by atoms with Gasteiger partial charge in [-0.1, -0.05) is 23.8 Å². The number of hydrogen-bond acceptors (Lipinski definition) is 4. The molecule has 1 aliphatic rings. The fraction of sp³-hybridized carbons (Fsp3) is 0.500. The number of hydroxylamine groups is 1. The zero-order chi connectivity index (χ0) is 17.7. The highest BCUT2D eigenvalue weighted by molar-refractivity contribution is 5.81. The maximum absolute atomic E-state index is 12.0. The molecule has 24 heavy (non-hydrogen) atoms. The Bertz CT molecular complexity index is 634. The van der Waals surface area contributed by atoms with Gasteiger partial charge in [-0.25, -0.2) is 4.79 Å². The zero-order valence-electron chi connectivity index (χ0n) is 14.4. The second-order valence-corrected chi connectivity index (χ2v) is 6.33. The molecule has 1 saturated heterocycles. The molecule has 0 unspecified atom stereocenters. The molecule has 1 aliphatic heterocycles. The van der Waals surface area contributed by atoms with Gasteiger partial charge in [-0.15, -0.1) is 0 Å². The molecule has 130 valence electrons. The summed E-state index contributed by atoms with van der Waals surface area (Å²) >= 11 is 0. The normalized spacial score (nSPS) is 15.0. The number of nitrogens with zero attached hydrogens (tertiary/aromatic N) is 1. The van der Waals surface area contributed by atoms with Crippen LogP contribution in [0.15, 0.2) is 18.2 Å². The predicted octanol–water partition coefficient (Wildman–Crippen LogP) is 1.68. The van der Waals surface area contributed by atoms with Crippen LogP contribution in [0, 0.1) is 19.8 Å². The zero-order valence-corrected chi connectivity index (χ0v) is 14.4. The van der Waals surface area contributed by atoms with Gasteiger partial charge in [0, 0.05) is 20.0 Å². The fourth-order valence-corrected chi connectivity index (χ4v) is 2.87. The van der Waals surface area contributed by atoms with E-state index in [1.807, 2.05) is 32.0 Å². The van der Waals surface area contributed by atoms with Crippen LogP contribution < -0.4 is 5.48 Å². The Hall–Kier alpha value is -2.37. The molecule has 1 heterocycles. The summed E-state index contributed by atoms with van der Waals surface area (Å²) in [7, 11) is 0. The van der Waals surface area contributed by atoms with Crippen LogP contribution in [-0.4, -0.2) is 35.8 Å². The molecular weight excluding hydrogens is 308 g/mol. The summed E-state index contributed by atoms with van der Waals surface area (Å²) in [6.07, 6.45) is 1.29. The summed E-state index contributed by atoms with van der Waals surface area (Å²) in [4.78, 5) is 41.8. The summed E-state index contributed by atoms with van der Waals surface area (Å²) in [6, 6.07) is 5.87. The number of amides is 2. The maximum atomic E-state index is 12.0. The molecular formula is C18H24N2O4. The number of benzene rings is 1. The van der Waals surface area contributed by atoms with Crippen LogP contribution in [0.2, 0.25) is 0 Å². The summed E-state index contributed by atoms with van der Waals surface area (Å²) in [5.41, 5.74) is 5.32. The lowest BCUT2D eigenvalue weighted by Gasteiger charge is -2.29. The molecule has 1 aromatic rings. The third-order valence-electron chi connectivity index (χ3n) is 4.39. The number of nitrogens with one attached hydrogen (secondary N) is 1. The third kappa shape index (κ3) is 4.81. The van der Waals surface area contributed by atoms with E-state index in [1.54, 1.807) is 4.90 Å². The first-order valence-corrected chi connectivity index (χ1v) is 8.18. The monoisotopic (exact) mass is 332 g/mol. The Labute approximate surface area is 142 Å². The predicted molar refractivity (Wildman–Crippen MR) is 88.8 cm³/mol. The molecule has 2 rings (SSSR count). The largest absolute Gasteiger partial charge is 0.343 e. The Morgan fingerprint density at radius 2 is 1.88 bits per heavy atom. The van der Waals surface area contributed by atoms with E-state index >= 15 is 0 Å². The van der Waals surface area contributed by atoms with Crippen LogP contribution in [-0.2, 0) is 25.6 Å². The van der Waals surface area contributed by atoms with Crippen LogP contribution in [0.1, 0.15) is 36.5 Å². The van der Waals surface area contributed by atoms with Crippen molar-refractivity contribution in [2.24, 2.45) is 5.92 Å². The van der Waals surface area contributed by atoms with Gasteiger partial charge in [0.25, 0.3) is 5.91 Å². The van der Waals surface area contributed by atoms with Crippen molar-refractivity contribution in [3.63, 3.8) is 0 Å². The first-order chi connectivity index (χ1) is 11.4. The molecule has 6 nitrogen and oxygen atoms in total. The Morgan fingerprint density at radius 1 is 1.21 bits per heavy atom. The lowest BCUT2D eigenvalue weighted by molar-refractivity contribution is -0.164. The molecule has 0 aliphatic carbocycles. The highest BCUT2D eigenvalue weighted by Crippen LogP contribution is 2.18. The molecule has 0 spiro atoms. The van der Waals surface area contributed by atoms with Crippen LogP contribution in [0.4, 0.5) is 0 Å². The van der Waals surface area contributed by atoms with Crippen molar-refractivity contribution in [2.75, 3.05) is 13.1 Å². The van der Waals surface area contributed by atoms with Crippen molar-refractivity contribution < 1.29 is 19.2 Å². The van der Waals surface area contributed by atoms with Gasteiger partial charge in [0.15, 0.2) is 0 Å². The minimum absolute atomic E-state index is 0.0172. The topological polar surface area (TPSA) is 75.7 Å². The molecule has 1 fully saturated rings. The maximum Gasteiger partial charge on any atom is 0.335 e. The van der Waals surface area contributed by atoms with Crippen LogP contribution >= 0.6 is 0 Å². The van der Waals surface area contributed by atoms with E-state index in [9.17, 15) is 14.4 Å². The second kappa shape index (κ2) is 7.95. The Balaban J connectivity index is 1.77. The van der Waals surface area contributed by atoms with Crippen LogP contribution in [0.5, 0.6) is 0 Å². The van der Waals surface area contributed by atoms with Gasteiger partial charge < -0.3 is 9.74 Å². The standard InChI is InChI=1S/C18H24N2O4/c1-12-4-5-16(13(2)10-12)11-17(22)19-24-18(23)15-6-8-20(9-7-15)14(3)21/h4-5,10,15H,6-9,11H2,1-3H3,(H,19,22). The van der Waals surface area contributed by atoms with Crippen molar-refractivity contribution in [1.82, 2.24) is 10.4 Å². The Kier molecular flexibility index (Phi) is 5.95. The molecule has 2 amide bonds. The van der Waals surface area contributed by atoms with Gasteiger partial charge >= 0.3 is 5.97 Å². The molecule has 1 N–H and O–H groups in total. The molecule has 0 aromatic heterocycles. The lowest BCUT2D eigenvalue weighted by atomic mass is 9.97. The van der Waals surface area contributed by atoms with E-state index in [4.69, 9.17) is 4.84 Å². The number of rotatable bonds is 3. The molecule has 0 bridgehead atoms. The van der Waals surface area contributed by atoms with Crippen LogP contribution in [0.25, 0.3) is 0 Å². The number of aryl methyl sites for hydroxylation is 2. The van der Waals surface area contributed by atoms with E-state index in [0.717, 1.165) is 16.7 Å². The van der Waals surface area contributed by atoms with E-state index < -0.39 is 5.97 Å². The quantitative estimate of drug-likeness (QED) is 0.855. The van der Waals surface area contributed by atoms with Crippen molar-refractivity contribution in [1.29, 1.82) is 0 Å². The lowest BCUT2D eigenvalue weighted by Crippen LogP contribution is -2.41. The first kappa shape index (κ1) is 18.0. The molecule has 0 radical (unpaired) electrons. The minimum atomic E-state index is -0.438. The summed E-state index contributed by atoms with van der Waals surface area (Å²) in [5, 5.41) is 0. The SMILES string of the molecule is CC(=O)N1CCC(C(=O)ONC(=O)Cc2ccc(C)cc2C)CC1. The van der Waals surface area contributed by atoms with Gasteiger partial charge in [-0.3, -0.25) is 9.59 Å². The fourth-order valence-electron chi connectivity index (χ4n) is 2.87. The molecule has 0 saturated carbocycles. The average molecular weight is 332 g/mol. The van der Waals surface area contributed by atoms with Gasteiger partial charge in [-0.05, 0) is 37.8 Å². The van der Waals surface area contributed by atoms with Gasteiger partial charge in [0.2, 0.25) is 5.91 Å². The van der Waals surface area contributed by atoms with Crippen molar-refractivity contribution in [2.45, 2.75) is 40.0 Å². The summed E-state index contributed by atoms with van der Waals surface area (Å²) in [5.74, 6) is -1.05. The second-order valence-electron chi connectivity index (χ2n) is 6.33. The minimum Gasteiger partial charge on any atom is -0.343 e. The number of likely N-dealkylation sites (tertiary alicyclic amines) is 1. The highest BCUT2D eigenvalue weighted by atomic mass is 16.7. The average Bonchev–Trinajstić information content (AvgIpc) is 2.55.